The number of rotatable bonds is 7. The molecule has 4 rings (SSSR count). The summed E-state index contributed by atoms with van der Waals surface area (Å²) < 4.78 is 6.18. The van der Waals surface area contributed by atoms with Crippen LogP contribution in [-0.2, 0) is 16.1 Å². The molecular weight excluding hydrogens is 462 g/mol. The van der Waals surface area contributed by atoms with Gasteiger partial charge in [-0.1, -0.05) is 42.3 Å². The Bertz CT molecular complexity index is 1180. The molecular formula is C23H26ClN5O3S. The number of amides is 2. The Morgan fingerprint density at radius 2 is 2.09 bits per heavy atom. The summed E-state index contributed by atoms with van der Waals surface area (Å²) in [5.41, 5.74) is 7.72. The van der Waals surface area contributed by atoms with E-state index in [2.05, 4.69) is 9.97 Å². The van der Waals surface area contributed by atoms with Crippen molar-refractivity contribution in [2.24, 2.45) is 0 Å². The minimum Gasteiger partial charge on any atom is -0.474 e. The summed E-state index contributed by atoms with van der Waals surface area (Å²) in [6.45, 7) is 5.06. The first-order valence-corrected chi connectivity index (χ1v) is 12.0. The second kappa shape index (κ2) is 9.93. The summed E-state index contributed by atoms with van der Waals surface area (Å²) in [6, 6.07) is 8.74. The van der Waals surface area contributed by atoms with E-state index in [1.165, 1.54) is 11.3 Å². The topological polar surface area (TPSA) is 102 Å². The molecule has 174 valence electrons. The highest BCUT2D eigenvalue weighted by molar-refractivity contribution is 7.17. The number of fused-ring (bicyclic) bond motifs is 1. The number of aromatic nitrogens is 2. The molecule has 1 aliphatic heterocycles. The lowest BCUT2D eigenvalue weighted by atomic mass is 10.0. The number of nitrogens with two attached hydrogens (primary N) is 1. The summed E-state index contributed by atoms with van der Waals surface area (Å²) in [4.78, 5) is 38.3. The molecule has 1 aromatic carbocycles. The van der Waals surface area contributed by atoms with Crippen LogP contribution in [0, 0.1) is 6.92 Å². The van der Waals surface area contributed by atoms with Gasteiger partial charge in [-0.2, -0.15) is 0 Å². The Morgan fingerprint density at radius 1 is 1.27 bits per heavy atom. The van der Waals surface area contributed by atoms with E-state index in [1.807, 2.05) is 30.0 Å². The normalized spacial score (nSPS) is 16.5. The van der Waals surface area contributed by atoms with E-state index >= 15 is 0 Å². The van der Waals surface area contributed by atoms with Gasteiger partial charge in [0.05, 0.1) is 9.85 Å². The molecule has 3 aromatic rings. The van der Waals surface area contributed by atoms with E-state index in [1.54, 1.807) is 24.0 Å². The minimum absolute atomic E-state index is 0.0471. The number of hydrogen-bond acceptors (Lipinski definition) is 7. The fourth-order valence-electron chi connectivity index (χ4n) is 4.08. The Kier molecular flexibility index (Phi) is 6.99. The van der Waals surface area contributed by atoms with Crippen LogP contribution >= 0.6 is 22.9 Å². The van der Waals surface area contributed by atoms with Gasteiger partial charge >= 0.3 is 0 Å². The number of nitrogen functional groups attached to an aromatic ring is 1. The van der Waals surface area contributed by atoms with Crippen molar-refractivity contribution < 1.29 is 14.3 Å². The number of anilines is 1. The highest BCUT2D eigenvalue weighted by Gasteiger charge is 2.36. The van der Waals surface area contributed by atoms with Crippen molar-refractivity contribution in [1.29, 1.82) is 0 Å². The van der Waals surface area contributed by atoms with Crippen molar-refractivity contribution in [3.8, 4) is 5.06 Å². The molecule has 0 spiro atoms. The fraction of sp³-hybridized carbons (Fsp3) is 0.391. The molecule has 1 fully saturated rings. The number of halogens is 1. The van der Waals surface area contributed by atoms with E-state index in [0.717, 1.165) is 22.9 Å². The van der Waals surface area contributed by atoms with E-state index in [4.69, 9.17) is 22.1 Å². The van der Waals surface area contributed by atoms with Crippen LogP contribution in [0.4, 0.5) is 5.82 Å². The molecule has 2 amide bonds. The lowest BCUT2D eigenvalue weighted by Gasteiger charge is -2.40. The molecule has 2 aromatic heterocycles. The van der Waals surface area contributed by atoms with Crippen LogP contribution in [0.1, 0.15) is 31.2 Å². The number of nitrogens with zero attached hydrogens (tertiary/aromatic N) is 4. The van der Waals surface area contributed by atoms with Crippen molar-refractivity contribution in [3.63, 3.8) is 0 Å². The van der Waals surface area contributed by atoms with Gasteiger partial charge in [0.1, 0.15) is 17.7 Å². The van der Waals surface area contributed by atoms with Gasteiger partial charge in [-0.05, 0) is 43.2 Å². The SMILES string of the molecule is CCC[C@H]1C(=O)N(Cc2ccc3c(N)nc(C)nc3c2)CCN1C(=O)COc1ccc(Cl)s1. The van der Waals surface area contributed by atoms with Crippen molar-refractivity contribution in [3.05, 3.63) is 46.1 Å². The van der Waals surface area contributed by atoms with Gasteiger partial charge in [0.25, 0.3) is 5.91 Å². The minimum atomic E-state index is -0.493. The molecule has 1 saturated heterocycles. The Morgan fingerprint density at radius 3 is 2.82 bits per heavy atom. The van der Waals surface area contributed by atoms with Crippen molar-refractivity contribution in [2.45, 2.75) is 39.3 Å². The molecule has 0 unspecified atom stereocenters. The van der Waals surface area contributed by atoms with E-state index in [0.29, 0.717) is 47.1 Å². The number of carbonyl (C=O) groups excluding carboxylic acids is 2. The molecule has 0 saturated carbocycles. The largest absolute Gasteiger partial charge is 0.474 e. The number of piperazine rings is 1. The smallest absolute Gasteiger partial charge is 0.261 e. The molecule has 1 aliphatic rings. The summed E-state index contributed by atoms with van der Waals surface area (Å²) in [6.07, 6.45) is 1.40. The second-order valence-electron chi connectivity index (χ2n) is 8.01. The van der Waals surface area contributed by atoms with Crippen LogP contribution in [0.25, 0.3) is 10.9 Å². The van der Waals surface area contributed by atoms with E-state index < -0.39 is 6.04 Å². The van der Waals surface area contributed by atoms with Crippen LogP contribution in [0.5, 0.6) is 5.06 Å². The molecule has 0 bridgehead atoms. The number of carbonyl (C=O) groups is 2. The van der Waals surface area contributed by atoms with Gasteiger partial charge in [-0.25, -0.2) is 9.97 Å². The average molecular weight is 488 g/mol. The summed E-state index contributed by atoms with van der Waals surface area (Å²) in [5, 5.41) is 1.38. The first-order chi connectivity index (χ1) is 15.9. The summed E-state index contributed by atoms with van der Waals surface area (Å²) in [5.74, 6) is 0.811. The summed E-state index contributed by atoms with van der Waals surface area (Å²) in [7, 11) is 0. The Balaban J connectivity index is 1.45. The van der Waals surface area contributed by atoms with Crippen molar-refractivity contribution in [1.82, 2.24) is 19.8 Å². The third kappa shape index (κ3) is 5.20. The van der Waals surface area contributed by atoms with Crippen molar-refractivity contribution in [2.75, 3.05) is 25.4 Å². The van der Waals surface area contributed by atoms with Crippen molar-refractivity contribution >= 4 is 51.5 Å². The molecule has 33 heavy (non-hydrogen) atoms. The number of benzene rings is 1. The zero-order chi connectivity index (χ0) is 23.5. The lowest BCUT2D eigenvalue weighted by Crippen LogP contribution is -2.59. The number of ether oxygens (including phenoxy) is 1. The molecule has 1 atom stereocenters. The zero-order valence-electron chi connectivity index (χ0n) is 18.6. The van der Waals surface area contributed by atoms with Gasteiger partial charge in [-0.15, -0.1) is 0 Å². The first kappa shape index (κ1) is 23.3. The molecule has 10 heteroatoms. The second-order valence-corrected chi connectivity index (χ2v) is 9.68. The predicted molar refractivity (Wildman–Crippen MR) is 129 cm³/mol. The van der Waals surface area contributed by atoms with Gasteiger partial charge < -0.3 is 20.3 Å². The fourth-order valence-corrected chi connectivity index (χ4v) is 4.95. The molecule has 2 N–H and O–H groups in total. The van der Waals surface area contributed by atoms with Gasteiger partial charge in [-0.3, -0.25) is 9.59 Å². The third-order valence-electron chi connectivity index (χ3n) is 5.63. The maximum Gasteiger partial charge on any atom is 0.261 e. The molecule has 8 nitrogen and oxygen atoms in total. The van der Waals surface area contributed by atoms with E-state index in [9.17, 15) is 9.59 Å². The standard InChI is InChI=1S/C23H26ClN5O3S/c1-3-4-18-23(31)28(9-10-29(18)20(30)13-32-21-8-7-19(24)33-21)12-15-5-6-16-17(11-15)26-14(2)27-22(16)25/h5-8,11,18H,3-4,9-10,12-13H2,1-2H3,(H2,25,26,27)/t18-/m0/s1. The number of thiophene rings is 1. The molecule has 0 radical (unpaired) electrons. The van der Waals surface area contributed by atoms with Gasteiger partial charge in [0, 0.05) is 25.0 Å². The van der Waals surface area contributed by atoms with Gasteiger partial charge in [0.2, 0.25) is 5.91 Å². The molecule has 0 aliphatic carbocycles. The maximum absolute atomic E-state index is 13.3. The highest BCUT2D eigenvalue weighted by Crippen LogP contribution is 2.28. The molecule has 3 heterocycles. The van der Waals surface area contributed by atoms with Crippen LogP contribution in [0.2, 0.25) is 4.34 Å². The maximum atomic E-state index is 13.3. The monoisotopic (exact) mass is 487 g/mol. The van der Waals surface area contributed by atoms with Crippen LogP contribution in [0.15, 0.2) is 30.3 Å². The Labute approximate surface area is 201 Å². The Hall–Kier alpha value is -2.91. The number of aryl methyl sites for hydroxylation is 1. The predicted octanol–water partition coefficient (Wildman–Crippen LogP) is 3.65. The summed E-state index contributed by atoms with van der Waals surface area (Å²) >= 11 is 7.19. The van der Waals surface area contributed by atoms with E-state index in [-0.39, 0.29) is 18.4 Å². The first-order valence-electron chi connectivity index (χ1n) is 10.8. The third-order valence-corrected chi connectivity index (χ3v) is 6.77. The van der Waals surface area contributed by atoms with Gasteiger partial charge in [0.15, 0.2) is 11.7 Å². The number of hydrogen-bond donors (Lipinski definition) is 1. The van der Waals surface area contributed by atoms with Crippen LogP contribution in [-0.4, -0.2) is 57.3 Å². The zero-order valence-corrected chi connectivity index (χ0v) is 20.2. The highest BCUT2D eigenvalue weighted by atomic mass is 35.5. The van der Waals surface area contributed by atoms with Crippen LogP contribution in [0.3, 0.4) is 0 Å². The average Bonchev–Trinajstić information content (AvgIpc) is 3.19. The quantitative estimate of drug-likeness (QED) is 0.545. The van der Waals surface area contributed by atoms with Crippen LogP contribution < -0.4 is 10.5 Å². The lowest BCUT2D eigenvalue weighted by molar-refractivity contribution is -0.153.